The van der Waals surface area contributed by atoms with Gasteiger partial charge in [0.2, 0.25) is 0 Å². The third kappa shape index (κ3) is 5.25. The zero-order chi connectivity index (χ0) is 22.8. The van der Waals surface area contributed by atoms with Gasteiger partial charge < -0.3 is 4.90 Å². The molecule has 0 atom stereocenters. The van der Waals surface area contributed by atoms with Gasteiger partial charge in [-0.3, -0.25) is 9.69 Å². The zero-order valence-electron chi connectivity index (χ0n) is 17.4. The van der Waals surface area contributed by atoms with E-state index in [0.29, 0.717) is 24.2 Å². The van der Waals surface area contributed by atoms with Crippen molar-refractivity contribution >= 4 is 42.4 Å². The summed E-state index contributed by atoms with van der Waals surface area (Å²) in [7, 11) is 0.442. The van der Waals surface area contributed by atoms with Crippen LogP contribution in [0, 0.1) is 11.6 Å². The van der Waals surface area contributed by atoms with Crippen molar-refractivity contribution in [2.45, 2.75) is 18.2 Å². The molecular formula is C21H23F2N3O3S2. The first kappa shape index (κ1) is 23.2. The number of nitrogens with zero attached hydrogens (tertiary/aromatic N) is 3. The van der Waals surface area contributed by atoms with E-state index in [4.69, 9.17) is 0 Å². The molecular weight excluding hydrogens is 444 g/mol. The van der Waals surface area contributed by atoms with Gasteiger partial charge in [-0.15, -0.1) is 0 Å². The van der Waals surface area contributed by atoms with Crippen LogP contribution >= 0.6 is 11.3 Å². The fourth-order valence-corrected chi connectivity index (χ4v) is 4.93. The van der Waals surface area contributed by atoms with Crippen molar-refractivity contribution in [3.05, 3.63) is 53.6 Å². The van der Waals surface area contributed by atoms with Crippen LogP contribution in [0.15, 0.2) is 41.3 Å². The molecule has 0 aliphatic carbocycles. The molecule has 0 radical (unpaired) electrons. The Kier molecular flexibility index (Phi) is 7.03. The highest BCUT2D eigenvalue weighted by molar-refractivity contribution is 7.91. The van der Waals surface area contributed by atoms with E-state index in [1.54, 1.807) is 6.92 Å². The zero-order valence-corrected chi connectivity index (χ0v) is 19.1. The van der Waals surface area contributed by atoms with Gasteiger partial charge in [0.15, 0.2) is 20.8 Å². The van der Waals surface area contributed by atoms with Crippen LogP contribution in [0.1, 0.15) is 23.7 Å². The van der Waals surface area contributed by atoms with Gasteiger partial charge in [0.1, 0.15) is 11.3 Å². The molecule has 0 fully saturated rings. The maximum Gasteiger partial charge on any atom is 0.260 e. The summed E-state index contributed by atoms with van der Waals surface area (Å²) < 4.78 is 52.1. The molecule has 1 heterocycles. The van der Waals surface area contributed by atoms with Crippen LogP contribution in [0.5, 0.6) is 0 Å². The van der Waals surface area contributed by atoms with Crippen LogP contribution in [0.4, 0.5) is 13.9 Å². The average molecular weight is 468 g/mol. The molecule has 3 rings (SSSR count). The fourth-order valence-electron chi connectivity index (χ4n) is 3.02. The normalized spacial score (nSPS) is 11.9. The monoisotopic (exact) mass is 467 g/mol. The van der Waals surface area contributed by atoms with Crippen molar-refractivity contribution < 1.29 is 22.0 Å². The Bertz CT molecular complexity index is 1190. The molecule has 0 bridgehead atoms. The summed E-state index contributed by atoms with van der Waals surface area (Å²) in [5, 5.41) is 0.258. The van der Waals surface area contributed by atoms with E-state index in [0.717, 1.165) is 17.4 Å². The lowest BCUT2D eigenvalue weighted by Gasteiger charge is -2.21. The van der Waals surface area contributed by atoms with E-state index < -0.39 is 21.5 Å². The number of carbonyl (C=O) groups is 1. The number of rotatable bonds is 8. The van der Waals surface area contributed by atoms with Crippen molar-refractivity contribution in [1.82, 2.24) is 9.88 Å². The van der Waals surface area contributed by atoms with Crippen LogP contribution < -0.4 is 4.90 Å². The van der Waals surface area contributed by atoms with Crippen molar-refractivity contribution in [3.8, 4) is 0 Å². The molecule has 6 nitrogen and oxygen atoms in total. The molecule has 10 heteroatoms. The Morgan fingerprint density at radius 1 is 1.10 bits per heavy atom. The Morgan fingerprint density at radius 2 is 1.77 bits per heavy atom. The van der Waals surface area contributed by atoms with Gasteiger partial charge in [-0.25, -0.2) is 22.2 Å². The Hall–Kier alpha value is -2.43. The summed E-state index contributed by atoms with van der Waals surface area (Å²) in [6, 6.07) is 7.66. The predicted octanol–water partition coefficient (Wildman–Crippen LogP) is 3.97. The number of fused-ring (bicyclic) bond motifs is 1. The van der Waals surface area contributed by atoms with E-state index >= 15 is 0 Å². The highest BCUT2D eigenvalue weighted by Gasteiger charge is 2.23. The number of hydrogen-bond donors (Lipinski definition) is 0. The van der Waals surface area contributed by atoms with Gasteiger partial charge >= 0.3 is 0 Å². The molecule has 0 N–H and O–H groups in total. The SMILES string of the molecule is CCS(=O)(=O)c1ccc(C(=O)N(CCCN(C)C)c2nc3c(F)cc(F)cc3s2)cc1. The number of aromatic nitrogens is 1. The minimum absolute atomic E-state index is 0.0104. The van der Waals surface area contributed by atoms with Crippen LogP contribution in [0.3, 0.4) is 0 Å². The number of carbonyl (C=O) groups excluding carboxylic acids is 1. The molecule has 0 aliphatic rings. The van der Waals surface area contributed by atoms with Crippen LogP contribution in [0.2, 0.25) is 0 Å². The molecule has 1 amide bonds. The summed E-state index contributed by atoms with van der Waals surface area (Å²) in [6.07, 6.45) is 0.633. The highest BCUT2D eigenvalue weighted by atomic mass is 32.2. The van der Waals surface area contributed by atoms with Crippen LogP contribution in [-0.4, -0.2) is 57.1 Å². The maximum atomic E-state index is 14.1. The lowest BCUT2D eigenvalue weighted by Crippen LogP contribution is -2.33. The molecule has 1 aromatic heterocycles. The molecule has 0 saturated heterocycles. The van der Waals surface area contributed by atoms with Gasteiger partial charge in [-0.1, -0.05) is 18.3 Å². The number of thiazole rings is 1. The predicted molar refractivity (Wildman–Crippen MR) is 119 cm³/mol. The second kappa shape index (κ2) is 9.37. The van der Waals surface area contributed by atoms with Crippen molar-refractivity contribution in [3.63, 3.8) is 0 Å². The minimum Gasteiger partial charge on any atom is -0.309 e. The quantitative estimate of drug-likeness (QED) is 0.501. The Balaban J connectivity index is 1.97. The second-order valence-corrected chi connectivity index (χ2v) is 10.6. The van der Waals surface area contributed by atoms with E-state index in [-0.39, 0.29) is 32.8 Å². The molecule has 0 unspecified atom stereocenters. The van der Waals surface area contributed by atoms with Gasteiger partial charge in [-0.05, 0) is 57.4 Å². The van der Waals surface area contributed by atoms with E-state index in [1.807, 2.05) is 19.0 Å². The van der Waals surface area contributed by atoms with Crippen molar-refractivity contribution in [2.75, 3.05) is 37.8 Å². The first-order valence-electron chi connectivity index (χ1n) is 9.67. The third-order valence-electron chi connectivity index (χ3n) is 4.71. The van der Waals surface area contributed by atoms with Crippen LogP contribution in [-0.2, 0) is 9.84 Å². The number of halogens is 2. The number of sulfone groups is 1. The first-order valence-corrected chi connectivity index (χ1v) is 12.1. The minimum atomic E-state index is -3.38. The largest absolute Gasteiger partial charge is 0.309 e. The summed E-state index contributed by atoms with van der Waals surface area (Å²) in [4.78, 5) is 21.0. The third-order valence-corrected chi connectivity index (χ3v) is 7.48. The number of hydrogen-bond acceptors (Lipinski definition) is 6. The fraction of sp³-hybridized carbons (Fsp3) is 0.333. The first-order chi connectivity index (χ1) is 14.6. The lowest BCUT2D eigenvalue weighted by atomic mass is 10.2. The topological polar surface area (TPSA) is 70.6 Å². The van der Waals surface area contributed by atoms with Crippen molar-refractivity contribution in [1.29, 1.82) is 0 Å². The standard InChI is InChI=1S/C21H23F2N3O3S2/c1-4-31(28,29)16-8-6-14(7-9-16)20(27)26(11-5-10-25(2)3)21-24-19-17(23)12-15(22)13-18(19)30-21/h6-9,12-13H,4-5,10-11H2,1-3H3. The Labute approximate surface area is 184 Å². The van der Waals surface area contributed by atoms with Gasteiger partial charge in [0.25, 0.3) is 5.91 Å². The van der Waals surface area contributed by atoms with Gasteiger partial charge in [-0.2, -0.15) is 0 Å². The second-order valence-electron chi connectivity index (χ2n) is 7.27. The summed E-state index contributed by atoms with van der Waals surface area (Å²) >= 11 is 1.03. The molecule has 3 aromatic rings. The highest BCUT2D eigenvalue weighted by Crippen LogP contribution is 2.32. The van der Waals surface area contributed by atoms with Crippen LogP contribution in [0.25, 0.3) is 10.2 Å². The molecule has 0 aliphatic heterocycles. The van der Waals surface area contributed by atoms with Gasteiger partial charge in [0, 0.05) is 18.2 Å². The summed E-state index contributed by atoms with van der Waals surface area (Å²) in [5.74, 6) is -1.92. The Morgan fingerprint density at radius 3 is 2.39 bits per heavy atom. The smallest absolute Gasteiger partial charge is 0.260 e. The van der Waals surface area contributed by atoms with E-state index in [1.165, 1.54) is 35.2 Å². The summed E-state index contributed by atoms with van der Waals surface area (Å²) in [5.41, 5.74) is 0.294. The number of benzene rings is 2. The lowest BCUT2D eigenvalue weighted by molar-refractivity contribution is 0.0986. The number of amides is 1. The molecule has 0 saturated carbocycles. The number of anilines is 1. The summed E-state index contributed by atoms with van der Waals surface area (Å²) in [6.45, 7) is 2.58. The van der Waals surface area contributed by atoms with E-state index in [9.17, 15) is 22.0 Å². The molecule has 0 spiro atoms. The van der Waals surface area contributed by atoms with E-state index in [2.05, 4.69) is 4.98 Å². The van der Waals surface area contributed by atoms with Gasteiger partial charge in [0.05, 0.1) is 15.3 Å². The molecule has 2 aromatic carbocycles. The molecule has 31 heavy (non-hydrogen) atoms. The average Bonchev–Trinajstić information content (AvgIpc) is 3.14. The van der Waals surface area contributed by atoms with Crippen molar-refractivity contribution in [2.24, 2.45) is 0 Å². The molecule has 166 valence electrons. The maximum absolute atomic E-state index is 14.1.